The Morgan fingerprint density at radius 2 is 0.717 bits per heavy atom. The van der Waals surface area contributed by atoms with Crippen LogP contribution < -0.4 is 0 Å². The van der Waals surface area contributed by atoms with Crippen LogP contribution in [0.2, 0.25) is 0 Å². The maximum Gasteiger partial charge on any atom is 2.00 e. The monoisotopic (exact) mass is 790 g/mol. The minimum Gasteiger partial charge on any atom is -0.744 e. The Morgan fingerprint density at radius 3 is 1.00 bits per heavy atom. The maximum atomic E-state index is 11.8. The SMILES string of the molecule is CCCCCCc1cc2cccc(CCCCCC)c2cc1S(=O)(=O)[O-].CCCCCCc1cc2cccc(CCCCCC)c2cc1S(=O)(=O)[O-].[Ca+2]. The molecule has 0 aliphatic heterocycles. The van der Waals surface area contributed by atoms with Gasteiger partial charge in [-0.15, -0.1) is 0 Å². The third-order valence-corrected chi connectivity index (χ3v) is 11.9. The zero-order valence-electron chi connectivity index (χ0n) is 32.9. The van der Waals surface area contributed by atoms with Crippen LogP contribution in [0.4, 0.5) is 0 Å². The summed E-state index contributed by atoms with van der Waals surface area (Å²) >= 11 is 0. The molecule has 4 aromatic rings. The summed E-state index contributed by atoms with van der Waals surface area (Å²) in [5.41, 5.74) is 3.63. The van der Waals surface area contributed by atoms with Crippen molar-refractivity contribution in [2.24, 2.45) is 0 Å². The second kappa shape index (κ2) is 24.9. The van der Waals surface area contributed by atoms with Crippen LogP contribution in [-0.2, 0) is 45.9 Å². The van der Waals surface area contributed by atoms with E-state index in [-0.39, 0.29) is 47.5 Å². The first-order valence-electron chi connectivity index (χ1n) is 19.9. The average Bonchev–Trinajstić information content (AvgIpc) is 3.11. The molecule has 0 atom stereocenters. The van der Waals surface area contributed by atoms with Gasteiger partial charge in [0.25, 0.3) is 0 Å². The summed E-state index contributed by atoms with van der Waals surface area (Å²) in [6.45, 7) is 8.66. The number of rotatable bonds is 22. The fourth-order valence-corrected chi connectivity index (χ4v) is 8.58. The van der Waals surface area contributed by atoms with Gasteiger partial charge < -0.3 is 9.11 Å². The van der Waals surface area contributed by atoms with Gasteiger partial charge in [0.05, 0.1) is 9.79 Å². The van der Waals surface area contributed by atoms with Crippen LogP contribution in [-0.4, -0.2) is 63.7 Å². The molecule has 4 rings (SSSR count). The largest absolute Gasteiger partial charge is 2.00 e. The molecule has 0 aliphatic rings. The first kappa shape index (κ1) is 47.6. The van der Waals surface area contributed by atoms with Crippen molar-refractivity contribution in [1.29, 1.82) is 0 Å². The molecule has 0 spiro atoms. The first-order chi connectivity index (χ1) is 24.9. The maximum absolute atomic E-state index is 11.8. The summed E-state index contributed by atoms with van der Waals surface area (Å²) in [5.74, 6) is 0. The van der Waals surface area contributed by atoms with Gasteiger partial charge in [0.15, 0.2) is 0 Å². The van der Waals surface area contributed by atoms with E-state index >= 15 is 0 Å². The molecule has 4 aromatic carbocycles. The Bertz CT molecular complexity index is 1770. The molecule has 288 valence electrons. The molecule has 0 amide bonds. The van der Waals surface area contributed by atoms with Crippen molar-refractivity contribution in [1.82, 2.24) is 0 Å². The minimum absolute atomic E-state index is 0. The first-order valence-corrected chi connectivity index (χ1v) is 22.8. The van der Waals surface area contributed by atoms with Gasteiger partial charge in [0.1, 0.15) is 20.2 Å². The summed E-state index contributed by atoms with van der Waals surface area (Å²) in [5, 5.41) is 3.90. The van der Waals surface area contributed by atoms with E-state index in [2.05, 4.69) is 39.8 Å². The second-order valence-corrected chi connectivity index (χ2v) is 17.0. The topological polar surface area (TPSA) is 114 Å². The molecule has 0 radical (unpaired) electrons. The zero-order chi connectivity index (χ0) is 38.0. The number of hydrogen-bond donors (Lipinski definition) is 0. The molecule has 0 heterocycles. The summed E-state index contributed by atoms with van der Waals surface area (Å²) in [6.07, 6.45) is 21.0. The Morgan fingerprint density at radius 1 is 0.415 bits per heavy atom. The molecule has 0 saturated heterocycles. The number of hydrogen-bond acceptors (Lipinski definition) is 6. The zero-order valence-corrected chi connectivity index (χ0v) is 36.7. The van der Waals surface area contributed by atoms with E-state index in [0.29, 0.717) is 24.0 Å². The van der Waals surface area contributed by atoms with Crippen molar-refractivity contribution in [2.45, 2.75) is 166 Å². The Labute approximate surface area is 351 Å². The molecule has 0 N–H and O–H groups in total. The Balaban J connectivity index is 0.000000360. The normalized spacial score (nSPS) is 11.7. The van der Waals surface area contributed by atoms with Crippen molar-refractivity contribution < 1.29 is 25.9 Å². The second-order valence-electron chi connectivity index (χ2n) is 14.3. The fourth-order valence-electron chi connectivity index (χ4n) is 7.10. The number of aryl methyl sites for hydroxylation is 4. The van der Waals surface area contributed by atoms with Gasteiger partial charge in [0.2, 0.25) is 0 Å². The van der Waals surface area contributed by atoms with Crippen molar-refractivity contribution in [3.63, 3.8) is 0 Å². The molecule has 0 unspecified atom stereocenters. The molecule has 0 fully saturated rings. The van der Waals surface area contributed by atoms with E-state index in [1.165, 1.54) is 38.5 Å². The molecule has 9 heteroatoms. The van der Waals surface area contributed by atoms with Gasteiger partial charge in [0, 0.05) is 0 Å². The van der Waals surface area contributed by atoms with Crippen LogP contribution in [0.25, 0.3) is 21.5 Å². The quantitative estimate of drug-likeness (QED) is 0.0445. The van der Waals surface area contributed by atoms with Gasteiger partial charge in [-0.3, -0.25) is 0 Å². The number of benzene rings is 4. The third kappa shape index (κ3) is 15.9. The van der Waals surface area contributed by atoms with Crippen LogP contribution in [0.15, 0.2) is 70.5 Å². The molecule has 0 aromatic heterocycles. The molecule has 53 heavy (non-hydrogen) atoms. The Hall–Kier alpha value is -1.52. The van der Waals surface area contributed by atoms with E-state index in [1.807, 2.05) is 36.4 Å². The fraction of sp³-hybridized carbons (Fsp3) is 0.545. The minimum atomic E-state index is -4.46. The molecule has 0 aliphatic carbocycles. The van der Waals surface area contributed by atoms with Crippen molar-refractivity contribution in [3.05, 3.63) is 82.9 Å². The summed E-state index contributed by atoms with van der Waals surface area (Å²) < 4.78 is 71.0. The molecular formula is C44H62CaO6S2. The summed E-state index contributed by atoms with van der Waals surface area (Å²) in [4.78, 5) is -0.0509. The summed E-state index contributed by atoms with van der Waals surface area (Å²) in [6, 6.07) is 19.3. The third-order valence-electron chi connectivity index (χ3n) is 10.0. The van der Waals surface area contributed by atoms with E-state index in [4.69, 9.17) is 0 Å². The van der Waals surface area contributed by atoms with Gasteiger partial charge in [-0.25, -0.2) is 16.8 Å². The predicted molar refractivity (Wildman–Crippen MR) is 221 cm³/mol. The van der Waals surface area contributed by atoms with Crippen molar-refractivity contribution >= 4 is 79.5 Å². The standard InChI is InChI=1S/2C22H32O3S.Ca/c2*1-3-5-7-9-12-18-14-11-15-19-16-20(13-10-8-6-4-2)22(17-21(18)19)26(23,24)25;/h2*11,14-17H,3-10,12-13H2,1-2H3,(H,23,24,25);/q;;+2/p-2. The number of unbranched alkanes of at least 4 members (excludes halogenated alkanes) is 12. The van der Waals surface area contributed by atoms with Crippen molar-refractivity contribution in [2.75, 3.05) is 0 Å². The molecule has 0 saturated carbocycles. The Kier molecular flexibility index (Phi) is 22.4. The van der Waals surface area contributed by atoms with E-state index in [1.54, 1.807) is 12.1 Å². The molecule has 6 nitrogen and oxygen atoms in total. The van der Waals surface area contributed by atoms with Gasteiger partial charge >= 0.3 is 37.7 Å². The van der Waals surface area contributed by atoms with E-state index in [0.717, 1.165) is 110 Å². The molecular weight excluding hydrogens is 729 g/mol. The smallest absolute Gasteiger partial charge is 0.744 e. The van der Waals surface area contributed by atoms with Gasteiger partial charge in [-0.1, -0.05) is 141 Å². The van der Waals surface area contributed by atoms with Crippen LogP contribution in [0, 0.1) is 0 Å². The van der Waals surface area contributed by atoms with Crippen LogP contribution in [0.3, 0.4) is 0 Å². The average molecular weight is 791 g/mol. The van der Waals surface area contributed by atoms with Crippen LogP contribution in [0.5, 0.6) is 0 Å². The predicted octanol–water partition coefficient (Wildman–Crippen LogP) is 11.6. The van der Waals surface area contributed by atoms with Crippen LogP contribution in [0.1, 0.15) is 153 Å². The summed E-state index contributed by atoms with van der Waals surface area (Å²) in [7, 11) is -8.93. The number of fused-ring (bicyclic) bond motifs is 2. The van der Waals surface area contributed by atoms with E-state index < -0.39 is 20.2 Å². The molecule has 0 bridgehead atoms. The van der Waals surface area contributed by atoms with Gasteiger partial charge in [-0.2, -0.15) is 0 Å². The van der Waals surface area contributed by atoms with Crippen LogP contribution >= 0.6 is 0 Å². The van der Waals surface area contributed by atoms with E-state index in [9.17, 15) is 25.9 Å². The van der Waals surface area contributed by atoms with Gasteiger partial charge in [-0.05, 0) is 119 Å². The van der Waals surface area contributed by atoms with Crippen molar-refractivity contribution in [3.8, 4) is 0 Å².